The van der Waals surface area contributed by atoms with Crippen LogP contribution in [-0.4, -0.2) is 27.9 Å². The quantitative estimate of drug-likeness (QED) is 0.590. The van der Waals surface area contributed by atoms with Gasteiger partial charge in [-0.3, -0.25) is 14.9 Å². The predicted octanol–water partition coefficient (Wildman–Crippen LogP) is 1.89. The van der Waals surface area contributed by atoms with Crippen LogP contribution in [0.25, 0.3) is 0 Å². The molecule has 0 fully saturated rings. The van der Waals surface area contributed by atoms with E-state index in [9.17, 15) is 24.1 Å². The van der Waals surface area contributed by atoms with Crippen molar-refractivity contribution in [1.29, 1.82) is 0 Å². The zero-order chi connectivity index (χ0) is 16.9. The Morgan fingerprint density at radius 3 is 2.55 bits per heavy atom. The van der Waals surface area contributed by atoms with Gasteiger partial charge in [0.15, 0.2) is 0 Å². The molecule has 0 heterocycles. The monoisotopic (exact) mass is 312 g/mol. The summed E-state index contributed by atoms with van der Waals surface area (Å²) in [6, 6.07) is 1.91. The van der Waals surface area contributed by atoms with E-state index in [4.69, 9.17) is 5.11 Å². The van der Waals surface area contributed by atoms with Crippen LogP contribution in [-0.2, 0) is 16.0 Å². The number of aliphatic carboxylic acids is 1. The highest BCUT2D eigenvalue weighted by Crippen LogP contribution is 2.19. The van der Waals surface area contributed by atoms with Crippen LogP contribution in [0.15, 0.2) is 18.2 Å². The summed E-state index contributed by atoms with van der Waals surface area (Å²) in [7, 11) is 0. The van der Waals surface area contributed by atoms with Crippen LogP contribution in [0.3, 0.4) is 0 Å². The van der Waals surface area contributed by atoms with E-state index >= 15 is 0 Å². The number of nitrogens with one attached hydrogen (secondary N) is 1. The number of carbonyl (C=O) groups excluding carboxylic acids is 1. The van der Waals surface area contributed by atoms with Gasteiger partial charge in [0.05, 0.1) is 4.92 Å². The Balaban J connectivity index is 2.88. The predicted molar refractivity (Wildman–Crippen MR) is 75.8 cm³/mol. The molecule has 22 heavy (non-hydrogen) atoms. The standard InChI is InChI=1S/C14H17FN2O5/c1-8(2)5-13(18)16-11(14(19)20)6-9-3-4-10(15)12(7-9)17(21)22/h3-4,7-8,11H,5-6H2,1-2H3,(H,16,18)(H,19,20)/t11-/m1/s1. The maximum atomic E-state index is 13.2. The van der Waals surface area contributed by atoms with Crippen molar-refractivity contribution in [2.75, 3.05) is 0 Å². The summed E-state index contributed by atoms with van der Waals surface area (Å²) in [5.41, 5.74) is -0.472. The van der Waals surface area contributed by atoms with Crippen molar-refractivity contribution in [2.45, 2.75) is 32.7 Å². The summed E-state index contributed by atoms with van der Waals surface area (Å²) in [5, 5.41) is 22.2. The van der Waals surface area contributed by atoms with Crippen molar-refractivity contribution >= 4 is 17.6 Å². The molecule has 120 valence electrons. The van der Waals surface area contributed by atoms with Gasteiger partial charge < -0.3 is 10.4 Å². The molecule has 0 aliphatic rings. The summed E-state index contributed by atoms with van der Waals surface area (Å²) in [6.45, 7) is 3.64. The van der Waals surface area contributed by atoms with Crippen molar-refractivity contribution < 1.29 is 24.0 Å². The minimum absolute atomic E-state index is 0.0707. The topological polar surface area (TPSA) is 110 Å². The Bertz CT molecular complexity index is 589. The minimum atomic E-state index is -1.26. The Labute approximate surface area is 126 Å². The first-order valence-electron chi connectivity index (χ1n) is 6.65. The fourth-order valence-electron chi connectivity index (χ4n) is 1.88. The van der Waals surface area contributed by atoms with Gasteiger partial charge in [-0.05, 0) is 17.5 Å². The van der Waals surface area contributed by atoms with E-state index in [2.05, 4.69) is 5.32 Å². The number of carboxylic acid groups (broad SMARTS) is 1. The lowest BCUT2D eigenvalue weighted by Crippen LogP contribution is -2.42. The van der Waals surface area contributed by atoms with E-state index in [1.807, 2.05) is 13.8 Å². The highest BCUT2D eigenvalue weighted by molar-refractivity contribution is 5.83. The smallest absolute Gasteiger partial charge is 0.326 e. The number of halogens is 1. The summed E-state index contributed by atoms with van der Waals surface area (Å²) in [4.78, 5) is 32.6. The maximum Gasteiger partial charge on any atom is 0.326 e. The molecule has 1 amide bonds. The first-order chi connectivity index (χ1) is 10.2. The highest BCUT2D eigenvalue weighted by atomic mass is 19.1. The zero-order valence-corrected chi connectivity index (χ0v) is 12.2. The van der Waals surface area contributed by atoms with Crippen LogP contribution < -0.4 is 5.32 Å². The summed E-state index contributed by atoms with van der Waals surface area (Å²) in [6.07, 6.45) is 0.00757. The number of rotatable bonds is 7. The molecule has 0 radical (unpaired) electrons. The number of hydrogen-bond acceptors (Lipinski definition) is 4. The van der Waals surface area contributed by atoms with Crippen molar-refractivity contribution in [3.63, 3.8) is 0 Å². The van der Waals surface area contributed by atoms with Crippen LogP contribution >= 0.6 is 0 Å². The van der Waals surface area contributed by atoms with E-state index in [0.717, 1.165) is 12.1 Å². The molecule has 0 aromatic heterocycles. The Kier molecular flexibility index (Phi) is 5.97. The maximum absolute atomic E-state index is 13.2. The number of nitro groups is 1. The highest BCUT2D eigenvalue weighted by Gasteiger charge is 2.22. The summed E-state index contributed by atoms with van der Waals surface area (Å²) in [5.74, 6) is -2.60. The molecule has 0 saturated carbocycles. The van der Waals surface area contributed by atoms with Crippen molar-refractivity contribution in [1.82, 2.24) is 5.32 Å². The molecule has 1 atom stereocenters. The van der Waals surface area contributed by atoms with Crippen LogP contribution in [0.1, 0.15) is 25.8 Å². The number of benzene rings is 1. The van der Waals surface area contributed by atoms with E-state index in [1.165, 1.54) is 6.07 Å². The van der Waals surface area contributed by atoms with Gasteiger partial charge >= 0.3 is 11.7 Å². The SMILES string of the molecule is CC(C)CC(=O)N[C@H](Cc1ccc(F)c([N+](=O)[O-])c1)C(=O)O. The number of nitrogens with zero attached hydrogens (tertiary/aromatic N) is 1. The first-order valence-corrected chi connectivity index (χ1v) is 6.65. The number of carbonyl (C=O) groups is 2. The molecule has 0 spiro atoms. The Hall–Kier alpha value is -2.51. The Morgan fingerprint density at radius 2 is 2.05 bits per heavy atom. The molecule has 0 aliphatic carbocycles. The number of hydrogen-bond donors (Lipinski definition) is 2. The van der Waals surface area contributed by atoms with E-state index in [1.54, 1.807) is 0 Å². The lowest BCUT2D eigenvalue weighted by Gasteiger charge is -2.15. The summed E-state index contributed by atoms with van der Waals surface area (Å²) >= 11 is 0. The second kappa shape index (κ2) is 7.48. The van der Waals surface area contributed by atoms with Gasteiger partial charge in [0.1, 0.15) is 6.04 Å². The second-order valence-electron chi connectivity index (χ2n) is 5.30. The van der Waals surface area contributed by atoms with Crippen molar-refractivity contribution in [3.8, 4) is 0 Å². The van der Waals surface area contributed by atoms with Gasteiger partial charge in [-0.25, -0.2) is 4.79 Å². The number of carboxylic acids is 1. The number of nitro benzene ring substituents is 1. The molecule has 1 aromatic rings. The third-order valence-electron chi connectivity index (χ3n) is 2.87. The molecular weight excluding hydrogens is 295 g/mol. The molecule has 0 saturated heterocycles. The molecule has 0 unspecified atom stereocenters. The van der Waals surface area contributed by atoms with Crippen LogP contribution in [0, 0.1) is 21.8 Å². The van der Waals surface area contributed by atoms with Gasteiger partial charge in [-0.1, -0.05) is 19.9 Å². The molecule has 8 heteroatoms. The van der Waals surface area contributed by atoms with Crippen molar-refractivity contribution in [3.05, 3.63) is 39.7 Å². The third kappa shape index (κ3) is 5.12. The van der Waals surface area contributed by atoms with Gasteiger partial charge in [0, 0.05) is 18.9 Å². The van der Waals surface area contributed by atoms with Crippen LogP contribution in [0.5, 0.6) is 0 Å². The Morgan fingerprint density at radius 1 is 1.41 bits per heavy atom. The largest absolute Gasteiger partial charge is 0.480 e. The fraction of sp³-hybridized carbons (Fsp3) is 0.429. The van der Waals surface area contributed by atoms with Crippen LogP contribution in [0.2, 0.25) is 0 Å². The van der Waals surface area contributed by atoms with E-state index in [0.29, 0.717) is 0 Å². The molecule has 0 bridgehead atoms. The first kappa shape index (κ1) is 17.5. The third-order valence-corrected chi connectivity index (χ3v) is 2.87. The fourth-order valence-corrected chi connectivity index (χ4v) is 1.88. The molecule has 1 rings (SSSR count). The van der Waals surface area contributed by atoms with E-state index in [-0.39, 0.29) is 24.3 Å². The average molecular weight is 312 g/mol. The lowest BCUT2D eigenvalue weighted by atomic mass is 10.0. The van der Waals surface area contributed by atoms with E-state index < -0.39 is 34.3 Å². The minimum Gasteiger partial charge on any atom is -0.480 e. The van der Waals surface area contributed by atoms with Crippen LogP contribution in [0.4, 0.5) is 10.1 Å². The van der Waals surface area contributed by atoms with Gasteiger partial charge in [-0.15, -0.1) is 0 Å². The molecule has 1 aromatic carbocycles. The molecule has 7 nitrogen and oxygen atoms in total. The number of amides is 1. The van der Waals surface area contributed by atoms with Crippen molar-refractivity contribution in [2.24, 2.45) is 5.92 Å². The van der Waals surface area contributed by atoms with Gasteiger partial charge in [0.2, 0.25) is 11.7 Å². The van der Waals surface area contributed by atoms with Gasteiger partial charge in [-0.2, -0.15) is 4.39 Å². The second-order valence-corrected chi connectivity index (χ2v) is 5.30. The molecule has 0 aliphatic heterocycles. The normalized spacial score (nSPS) is 12.0. The lowest BCUT2D eigenvalue weighted by molar-refractivity contribution is -0.387. The van der Waals surface area contributed by atoms with Gasteiger partial charge in [0.25, 0.3) is 0 Å². The molecular formula is C14H17FN2O5. The zero-order valence-electron chi connectivity index (χ0n) is 12.2. The average Bonchev–Trinajstić information content (AvgIpc) is 2.38. The molecule has 2 N–H and O–H groups in total. The summed E-state index contributed by atoms with van der Waals surface area (Å²) < 4.78 is 13.2.